The lowest BCUT2D eigenvalue weighted by atomic mass is 9.86. The predicted octanol–water partition coefficient (Wildman–Crippen LogP) is 3.18. The van der Waals surface area contributed by atoms with Gasteiger partial charge in [0.1, 0.15) is 0 Å². The molecule has 2 aliphatic rings. The van der Waals surface area contributed by atoms with Gasteiger partial charge in [-0.05, 0) is 61.2 Å². The molecular formula is C23H28N2O3. The molecule has 0 spiro atoms. The van der Waals surface area contributed by atoms with Crippen molar-refractivity contribution in [3.63, 3.8) is 0 Å². The predicted molar refractivity (Wildman–Crippen MR) is 109 cm³/mol. The fourth-order valence-electron chi connectivity index (χ4n) is 4.48. The highest BCUT2D eigenvalue weighted by Gasteiger charge is 2.36. The van der Waals surface area contributed by atoms with Crippen LogP contribution in [0.3, 0.4) is 0 Å². The average Bonchev–Trinajstić information content (AvgIpc) is 2.77. The van der Waals surface area contributed by atoms with Crippen LogP contribution in [0.4, 0.5) is 0 Å². The molecule has 2 aromatic rings. The number of fused-ring (bicyclic) bond motifs is 1. The smallest absolute Gasteiger partial charge is 0.226 e. The number of carbonyl (C=O) groups is 1. The number of hydrogen-bond donors (Lipinski definition) is 1. The summed E-state index contributed by atoms with van der Waals surface area (Å²) in [6.45, 7) is 2.56. The van der Waals surface area contributed by atoms with E-state index >= 15 is 0 Å². The topological polar surface area (TPSA) is 50.8 Å². The van der Waals surface area contributed by atoms with Crippen LogP contribution in [0.15, 0.2) is 42.5 Å². The van der Waals surface area contributed by atoms with Crippen LogP contribution in [0.1, 0.15) is 35.6 Å². The Morgan fingerprint density at radius 3 is 2.39 bits per heavy atom. The van der Waals surface area contributed by atoms with Crippen molar-refractivity contribution in [1.29, 1.82) is 0 Å². The molecule has 5 nitrogen and oxygen atoms in total. The lowest BCUT2D eigenvalue weighted by Gasteiger charge is -2.40. The summed E-state index contributed by atoms with van der Waals surface area (Å²) in [4.78, 5) is 15.5. The first-order valence-electron chi connectivity index (χ1n) is 10.0. The van der Waals surface area contributed by atoms with Gasteiger partial charge in [0.25, 0.3) is 0 Å². The summed E-state index contributed by atoms with van der Waals surface area (Å²) in [6, 6.07) is 14.3. The van der Waals surface area contributed by atoms with E-state index in [1.807, 2.05) is 24.3 Å². The van der Waals surface area contributed by atoms with Crippen molar-refractivity contribution in [2.75, 3.05) is 33.9 Å². The third kappa shape index (κ3) is 3.47. The van der Waals surface area contributed by atoms with E-state index in [2.05, 4.69) is 28.4 Å². The Bertz CT molecular complexity index is 831. The second-order valence-electron chi connectivity index (χ2n) is 7.53. The summed E-state index contributed by atoms with van der Waals surface area (Å²) < 4.78 is 11.1. The maximum Gasteiger partial charge on any atom is 0.226 e. The van der Waals surface area contributed by atoms with Gasteiger partial charge in [-0.3, -0.25) is 4.79 Å². The first-order chi connectivity index (χ1) is 13.7. The van der Waals surface area contributed by atoms with Gasteiger partial charge in [-0.25, -0.2) is 0 Å². The van der Waals surface area contributed by atoms with E-state index in [-0.39, 0.29) is 17.9 Å². The maximum atomic E-state index is 13.5. The van der Waals surface area contributed by atoms with Gasteiger partial charge in [0.05, 0.1) is 20.3 Å². The lowest BCUT2D eigenvalue weighted by Crippen LogP contribution is -2.46. The summed E-state index contributed by atoms with van der Waals surface area (Å²) in [5.74, 6) is 1.83. The number of piperidine rings is 1. The van der Waals surface area contributed by atoms with Gasteiger partial charge in [0.2, 0.25) is 5.91 Å². The summed E-state index contributed by atoms with van der Waals surface area (Å²) in [6.07, 6.45) is 2.65. The van der Waals surface area contributed by atoms with E-state index in [1.54, 1.807) is 14.2 Å². The van der Waals surface area contributed by atoms with Crippen LogP contribution in [0, 0.1) is 5.92 Å². The van der Waals surface area contributed by atoms with Gasteiger partial charge >= 0.3 is 0 Å². The molecule has 2 aromatic carbocycles. The summed E-state index contributed by atoms with van der Waals surface area (Å²) in [5, 5.41) is 3.36. The minimum atomic E-state index is -0.0906. The number of nitrogens with zero attached hydrogens (tertiary/aromatic N) is 1. The second kappa shape index (κ2) is 8.23. The quantitative estimate of drug-likeness (QED) is 0.885. The molecule has 2 heterocycles. The minimum absolute atomic E-state index is 0.0906. The number of nitrogens with one attached hydrogen (secondary N) is 1. The third-order valence-electron chi connectivity index (χ3n) is 5.96. The third-order valence-corrected chi connectivity index (χ3v) is 5.96. The summed E-state index contributed by atoms with van der Waals surface area (Å²) in [7, 11) is 3.32. The van der Waals surface area contributed by atoms with Crippen molar-refractivity contribution in [2.24, 2.45) is 5.92 Å². The Labute approximate surface area is 166 Å². The van der Waals surface area contributed by atoms with Gasteiger partial charge < -0.3 is 19.7 Å². The molecule has 148 valence electrons. The fourth-order valence-corrected chi connectivity index (χ4v) is 4.48. The van der Waals surface area contributed by atoms with Crippen molar-refractivity contribution in [3.8, 4) is 11.5 Å². The number of methoxy groups -OCH3 is 2. The van der Waals surface area contributed by atoms with Gasteiger partial charge in [0, 0.05) is 12.5 Å². The summed E-state index contributed by atoms with van der Waals surface area (Å²) in [5.41, 5.74) is 3.50. The van der Waals surface area contributed by atoms with E-state index in [0.717, 1.165) is 55.8 Å². The van der Waals surface area contributed by atoms with Crippen LogP contribution < -0.4 is 14.8 Å². The largest absolute Gasteiger partial charge is 0.493 e. The molecule has 2 aliphatic heterocycles. The highest BCUT2D eigenvalue weighted by atomic mass is 16.5. The van der Waals surface area contributed by atoms with Crippen molar-refractivity contribution < 1.29 is 14.3 Å². The van der Waals surface area contributed by atoms with Crippen LogP contribution >= 0.6 is 0 Å². The zero-order valence-corrected chi connectivity index (χ0v) is 16.6. The van der Waals surface area contributed by atoms with E-state index in [1.165, 1.54) is 5.56 Å². The molecule has 5 heteroatoms. The van der Waals surface area contributed by atoms with Crippen LogP contribution in [-0.2, 0) is 11.2 Å². The number of benzene rings is 2. The first kappa shape index (κ1) is 18.8. The van der Waals surface area contributed by atoms with Crippen LogP contribution in [-0.4, -0.2) is 44.7 Å². The molecule has 1 N–H and O–H groups in total. The number of ether oxygens (including phenoxy) is 2. The molecule has 0 bridgehead atoms. The van der Waals surface area contributed by atoms with Gasteiger partial charge in [-0.1, -0.05) is 30.3 Å². The van der Waals surface area contributed by atoms with E-state index in [0.29, 0.717) is 5.75 Å². The molecule has 28 heavy (non-hydrogen) atoms. The molecule has 0 saturated carbocycles. The summed E-state index contributed by atoms with van der Waals surface area (Å²) >= 11 is 0. The van der Waals surface area contributed by atoms with Crippen molar-refractivity contribution in [3.05, 3.63) is 59.2 Å². The van der Waals surface area contributed by atoms with E-state index in [9.17, 15) is 4.79 Å². The maximum absolute atomic E-state index is 13.5. The Kier molecular flexibility index (Phi) is 5.53. The molecule has 4 rings (SSSR count). The number of rotatable bonds is 4. The van der Waals surface area contributed by atoms with Crippen LogP contribution in [0.25, 0.3) is 0 Å². The zero-order chi connectivity index (χ0) is 19.5. The Hall–Kier alpha value is -2.53. The zero-order valence-electron chi connectivity index (χ0n) is 16.6. The highest BCUT2D eigenvalue weighted by Crippen LogP contribution is 2.41. The van der Waals surface area contributed by atoms with E-state index < -0.39 is 0 Å². The van der Waals surface area contributed by atoms with Gasteiger partial charge in [-0.15, -0.1) is 0 Å². The fraction of sp³-hybridized carbons (Fsp3) is 0.435. The number of hydrogen-bond acceptors (Lipinski definition) is 4. The molecular weight excluding hydrogens is 352 g/mol. The van der Waals surface area contributed by atoms with Crippen LogP contribution in [0.5, 0.6) is 11.5 Å². The Balaban J connectivity index is 1.77. The number of amides is 1. The molecule has 0 aliphatic carbocycles. The molecule has 0 aromatic heterocycles. The second-order valence-corrected chi connectivity index (χ2v) is 7.53. The van der Waals surface area contributed by atoms with Gasteiger partial charge in [-0.2, -0.15) is 0 Å². The van der Waals surface area contributed by atoms with Crippen molar-refractivity contribution in [2.45, 2.75) is 25.3 Å². The Morgan fingerprint density at radius 2 is 1.71 bits per heavy atom. The standard InChI is InChI=1S/C23H28N2O3/c1-27-20-14-18-10-13-25(23(26)17-8-11-24-12-9-17)22(16-6-4-3-5-7-16)19(18)15-21(20)28-2/h3-7,14-15,17,22,24H,8-13H2,1-2H3. The highest BCUT2D eigenvalue weighted by molar-refractivity contribution is 5.80. The molecule has 1 atom stereocenters. The first-order valence-corrected chi connectivity index (χ1v) is 10.0. The van der Waals surface area contributed by atoms with E-state index in [4.69, 9.17) is 9.47 Å². The monoisotopic (exact) mass is 380 g/mol. The molecule has 1 amide bonds. The average molecular weight is 380 g/mol. The lowest BCUT2D eigenvalue weighted by molar-refractivity contribution is -0.138. The van der Waals surface area contributed by atoms with Crippen LogP contribution in [0.2, 0.25) is 0 Å². The van der Waals surface area contributed by atoms with Gasteiger partial charge in [0.15, 0.2) is 11.5 Å². The molecule has 1 fully saturated rings. The van der Waals surface area contributed by atoms with Crippen molar-refractivity contribution >= 4 is 5.91 Å². The van der Waals surface area contributed by atoms with Crippen molar-refractivity contribution in [1.82, 2.24) is 10.2 Å². The normalized spacial score (nSPS) is 19.8. The molecule has 1 saturated heterocycles. The molecule has 0 radical (unpaired) electrons. The minimum Gasteiger partial charge on any atom is -0.493 e. The Morgan fingerprint density at radius 1 is 1.04 bits per heavy atom. The SMILES string of the molecule is COc1cc2c(cc1OC)C(c1ccccc1)N(C(=O)C1CCNCC1)CC2. The number of carbonyl (C=O) groups excluding carboxylic acids is 1. The molecule has 1 unspecified atom stereocenters.